The number of aliphatic hydroxyl groups excluding tert-OH is 1. The number of rotatable bonds is 5. The Kier molecular flexibility index (Phi) is 5.06. The van der Waals surface area contributed by atoms with E-state index in [9.17, 15) is 14.7 Å². The summed E-state index contributed by atoms with van der Waals surface area (Å²) in [4.78, 5) is 32.9. The number of esters is 1. The molecule has 5 rings (SSSR count). The zero-order chi connectivity index (χ0) is 22.3. The molecule has 0 aromatic carbocycles. The fourth-order valence-electron chi connectivity index (χ4n) is 4.39. The van der Waals surface area contributed by atoms with Gasteiger partial charge in [-0.2, -0.15) is 4.68 Å². The molecule has 0 saturated carbocycles. The maximum Gasteiger partial charge on any atom is 0.336 e. The highest BCUT2D eigenvalue weighted by Gasteiger charge is 2.47. The number of hydrogen-bond donors (Lipinski definition) is 1. The first-order valence-corrected chi connectivity index (χ1v) is 10.5. The van der Waals surface area contributed by atoms with Gasteiger partial charge in [0.1, 0.15) is 12.9 Å². The number of nitrogens with zero attached hydrogens (tertiary/aromatic N) is 7. The first-order chi connectivity index (χ1) is 15.5. The fourth-order valence-corrected chi connectivity index (χ4v) is 4.39. The Hall–Kier alpha value is -3.44. The number of amides is 1. The van der Waals surface area contributed by atoms with Crippen molar-refractivity contribution in [3.05, 3.63) is 53.8 Å². The molecule has 1 atom stereocenters. The average Bonchev–Trinajstić information content (AvgIpc) is 3.53. The first-order valence-electron chi connectivity index (χ1n) is 10.5. The van der Waals surface area contributed by atoms with E-state index in [1.165, 1.54) is 11.0 Å². The van der Waals surface area contributed by atoms with Gasteiger partial charge in [0.05, 0.1) is 22.8 Å². The van der Waals surface area contributed by atoms with Crippen molar-refractivity contribution in [3.63, 3.8) is 0 Å². The van der Waals surface area contributed by atoms with Crippen LogP contribution < -0.4 is 0 Å². The number of likely N-dealkylation sites (tertiary alicyclic amines) is 1. The van der Waals surface area contributed by atoms with E-state index >= 15 is 0 Å². The van der Waals surface area contributed by atoms with Crippen molar-refractivity contribution in [1.82, 2.24) is 35.0 Å². The summed E-state index contributed by atoms with van der Waals surface area (Å²) in [5.41, 5.74) is 1.26. The molecule has 0 radical (unpaired) electrons. The quantitative estimate of drug-likeness (QED) is 0.660. The molecular weight excluding hydrogens is 414 g/mol. The SMILES string of the molecule is CC1=C(N2C=CC3(CCN(CC(O)c4ccc(-n5cnnn5)nc4)CC3)C2=O)COC1=O. The van der Waals surface area contributed by atoms with Crippen LogP contribution in [0.2, 0.25) is 0 Å². The van der Waals surface area contributed by atoms with Gasteiger partial charge in [-0.3, -0.25) is 9.69 Å². The van der Waals surface area contributed by atoms with E-state index in [0.29, 0.717) is 55.1 Å². The molecule has 1 N–H and O–H groups in total. The van der Waals surface area contributed by atoms with Crippen LogP contribution in [0.3, 0.4) is 0 Å². The van der Waals surface area contributed by atoms with Crippen molar-refractivity contribution in [2.24, 2.45) is 5.41 Å². The summed E-state index contributed by atoms with van der Waals surface area (Å²) < 4.78 is 6.50. The summed E-state index contributed by atoms with van der Waals surface area (Å²) >= 11 is 0. The second-order valence-electron chi connectivity index (χ2n) is 8.32. The smallest absolute Gasteiger partial charge is 0.336 e. The van der Waals surface area contributed by atoms with E-state index in [2.05, 4.69) is 25.4 Å². The molecule has 2 aromatic heterocycles. The molecule has 3 aliphatic heterocycles. The third-order valence-electron chi connectivity index (χ3n) is 6.48. The van der Waals surface area contributed by atoms with Crippen LogP contribution in [0, 0.1) is 5.41 Å². The van der Waals surface area contributed by atoms with Crippen LogP contribution in [0.15, 0.2) is 48.2 Å². The number of pyridine rings is 1. The normalized spacial score (nSPS) is 21.6. The Bertz CT molecular complexity index is 1090. The number of β-amino-alcohol motifs (C(OH)–C–C–N with tert-alkyl or cyclic N) is 1. The molecule has 3 aliphatic rings. The topological polar surface area (TPSA) is 127 Å². The highest BCUT2D eigenvalue weighted by molar-refractivity contribution is 5.95. The van der Waals surface area contributed by atoms with Gasteiger partial charge in [-0.15, -0.1) is 5.10 Å². The van der Waals surface area contributed by atoms with Crippen LogP contribution in [-0.4, -0.2) is 78.2 Å². The fraction of sp³-hybridized carbons (Fsp3) is 0.429. The average molecular weight is 437 g/mol. The lowest BCUT2D eigenvalue weighted by molar-refractivity contribution is -0.138. The van der Waals surface area contributed by atoms with E-state index in [1.807, 2.05) is 12.1 Å². The summed E-state index contributed by atoms with van der Waals surface area (Å²) in [6, 6.07) is 3.56. The summed E-state index contributed by atoms with van der Waals surface area (Å²) in [6.07, 6.45) is 7.42. The molecule has 0 aliphatic carbocycles. The third kappa shape index (κ3) is 3.49. The van der Waals surface area contributed by atoms with Gasteiger partial charge in [-0.05, 0) is 49.3 Å². The molecule has 1 unspecified atom stereocenters. The minimum Gasteiger partial charge on any atom is -0.456 e. The van der Waals surface area contributed by atoms with E-state index in [4.69, 9.17) is 4.74 Å². The van der Waals surface area contributed by atoms with Crippen LogP contribution in [-0.2, 0) is 14.3 Å². The lowest BCUT2D eigenvalue weighted by atomic mass is 9.78. The number of piperidine rings is 1. The van der Waals surface area contributed by atoms with E-state index in [-0.39, 0.29) is 18.5 Å². The van der Waals surface area contributed by atoms with Crippen LogP contribution in [0.5, 0.6) is 0 Å². The lowest BCUT2D eigenvalue weighted by Crippen LogP contribution is -2.46. The van der Waals surface area contributed by atoms with Crippen LogP contribution >= 0.6 is 0 Å². The van der Waals surface area contributed by atoms with E-state index in [1.54, 1.807) is 30.3 Å². The van der Waals surface area contributed by atoms with E-state index < -0.39 is 11.5 Å². The Labute approximate surface area is 184 Å². The molecule has 2 aromatic rings. The van der Waals surface area contributed by atoms with Crippen molar-refractivity contribution < 1.29 is 19.4 Å². The van der Waals surface area contributed by atoms with Crippen molar-refractivity contribution in [2.45, 2.75) is 25.9 Å². The Morgan fingerprint density at radius 3 is 2.69 bits per heavy atom. The van der Waals surface area contributed by atoms with Crippen molar-refractivity contribution in [3.8, 4) is 5.82 Å². The Morgan fingerprint density at radius 1 is 1.25 bits per heavy atom. The zero-order valence-corrected chi connectivity index (χ0v) is 17.6. The Morgan fingerprint density at radius 2 is 2.06 bits per heavy atom. The maximum atomic E-state index is 13.2. The Balaban J connectivity index is 1.19. The summed E-state index contributed by atoms with van der Waals surface area (Å²) in [6.45, 7) is 3.64. The molecule has 1 saturated heterocycles. The number of aromatic nitrogens is 5. The molecule has 0 bridgehead atoms. The highest BCUT2D eigenvalue weighted by Crippen LogP contribution is 2.41. The molecular formula is C21H23N7O4. The number of carbonyl (C=O) groups is 2. The van der Waals surface area contributed by atoms with Crippen LogP contribution in [0.4, 0.5) is 0 Å². The van der Waals surface area contributed by atoms with Gasteiger partial charge in [-0.25, -0.2) is 9.78 Å². The number of cyclic esters (lactones) is 1. The summed E-state index contributed by atoms with van der Waals surface area (Å²) in [5.74, 6) is 0.195. The standard InChI is InChI=1S/C21H23N7O4/c1-14-16(12-32-19(14)30)27-9-6-21(20(27)31)4-7-26(8-5-21)11-17(29)15-2-3-18(22-10-15)28-13-23-24-25-28/h2-3,6,9-10,13,17,29H,4-5,7-8,11-12H2,1H3. The minimum atomic E-state index is -0.694. The van der Waals surface area contributed by atoms with Gasteiger partial charge in [0.2, 0.25) is 5.91 Å². The molecule has 5 heterocycles. The molecule has 11 nitrogen and oxygen atoms in total. The molecule has 11 heteroatoms. The summed E-state index contributed by atoms with van der Waals surface area (Å²) in [5, 5.41) is 21.6. The van der Waals surface area contributed by atoms with E-state index in [0.717, 1.165) is 0 Å². The van der Waals surface area contributed by atoms with Crippen molar-refractivity contribution >= 4 is 11.9 Å². The van der Waals surface area contributed by atoms with Crippen molar-refractivity contribution in [2.75, 3.05) is 26.2 Å². The predicted molar refractivity (Wildman–Crippen MR) is 110 cm³/mol. The van der Waals surface area contributed by atoms with Crippen LogP contribution in [0.1, 0.15) is 31.4 Å². The molecule has 1 spiro atoms. The van der Waals surface area contributed by atoms with Crippen LogP contribution in [0.25, 0.3) is 5.82 Å². The number of ether oxygens (including phenoxy) is 1. The highest BCUT2D eigenvalue weighted by atomic mass is 16.5. The summed E-state index contributed by atoms with van der Waals surface area (Å²) in [7, 11) is 0. The number of aliphatic hydroxyl groups is 1. The molecule has 32 heavy (non-hydrogen) atoms. The van der Waals surface area contributed by atoms with Gasteiger partial charge in [0, 0.05) is 24.5 Å². The second kappa shape index (κ2) is 7.92. The van der Waals surface area contributed by atoms with Gasteiger partial charge in [-0.1, -0.05) is 12.1 Å². The molecule has 166 valence electrons. The number of carbonyl (C=O) groups excluding carboxylic acids is 2. The van der Waals surface area contributed by atoms with Crippen molar-refractivity contribution in [1.29, 1.82) is 0 Å². The largest absolute Gasteiger partial charge is 0.456 e. The predicted octanol–water partition coefficient (Wildman–Crippen LogP) is 0.360. The second-order valence-corrected chi connectivity index (χ2v) is 8.32. The van der Waals surface area contributed by atoms with Gasteiger partial charge in [0.15, 0.2) is 5.82 Å². The number of hydrogen-bond acceptors (Lipinski definition) is 9. The third-order valence-corrected chi connectivity index (χ3v) is 6.48. The molecule has 1 fully saturated rings. The van der Waals surface area contributed by atoms with Gasteiger partial charge in [0.25, 0.3) is 0 Å². The minimum absolute atomic E-state index is 0.00672. The zero-order valence-electron chi connectivity index (χ0n) is 17.6. The number of tetrazole rings is 1. The monoisotopic (exact) mass is 437 g/mol. The van der Waals surface area contributed by atoms with Gasteiger partial charge >= 0.3 is 5.97 Å². The van der Waals surface area contributed by atoms with Gasteiger partial charge < -0.3 is 14.7 Å². The first kappa shape index (κ1) is 20.5. The lowest BCUT2D eigenvalue weighted by Gasteiger charge is -2.38. The maximum absolute atomic E-state index is 13.2. The molecule has 1 amide bonds.